The molecule has 2 aliphatic rings. The van der Waals surface area contributed by atoms with E-state index in [9.17, 15) is 14.4 Å². The van der Waals surface area contributed by atoms with E-state index in [-0.39, 0.29) is 23.7 Å². The summed E-state index contributed by atoms with van der Waals surface area (Å²) in [4.78, 5) is 40.2. The summed E-state index contributed by atoms with van der Waals surface area (Å²) < 4.78 is 4.89. The fraction of sp³-hybridized carbons (Fsp3) is 0.261. The van der Waals surface area contributed by atoms with Crippen molar-refractivity contribution >= 4 is 46.5 Å². The molecule has 2 aromatic rings. The summed E-state index contributed by atoms with van der Waals surface area (Å²) in [6.07, 6.45) is 1.66. The van der Waals surface area contributed by atoms with Crippen LogP contribution in [0, 0.1) is 0 Å². The van der Waals surface area contributed by atoms with E-state index < -0.39 is 11.9 Å². The van der Waals surface area contributed by atoms with Crippen LogP contribution in [0.25, 0.3) is 0 Å². The molecule has 1 atom stereocenters. The maximum Gasteiger partial charge on any atom is 0.339 e. The predicted molar refractivity (Wildman–Crippen MR) is 115 cm³/mol. The molecular weight excluding hydrogens is 425 g/mol. The number of esters is 1. The lowest BCUT2D eigenvalue weighted by Crippen LogP contribution is -2.41. The van der Waals surface area contributed by atoms with E-state index in [0.29, 0.717) is 51.8 Å². The van der Waals surface area contributed by atoms with Gasteiger partial charge in [-0.05, 0) is 36.6 Å². The largest absolute Gasteiger partial charge is 0.465 e. The Bertz CT molecular complexity index is 1090. The zero-order valence-electron chi connectivity index (χ0n) is 16.3. The minimum Gasteiger partial charge on any atom is -0.465 e. The van der Waals surface area contributed by atoms with Crippen LogP contribution in [0.1, 0.15) is 47.5 Å². The van der Waals surface area contributed by atoms with E-state index in [2.05, 4.69) is 0 Å². The number of anilines is 1. The Hall–Kier alpha value is -2.63. The quantitative estimate of drug-likeness (QED) is 0.603. The molecule has 0 saturated heterocycles. The molecule has 0 fully saturated rings. The summed E-state index contributed by atoms with van der Waals surface area (Å²) in [6, 6.07) is 12.0. The van der Waals surface area contributed by atoms with E-state index in [0.717, 1.165) is 0 Å². The Kier molecular flexibility index (Phi) is 5.67. The summed E-state index contributed by atoms with van der Waals surface area (Å²) in [5, 5.41) is 0.732. The molecule has 1 aliphatic carbocycles. The number of nitrogens with zero attached hydrogens (tertiary/aromatic N) is 1. The van der Waals surface area contributed by atoms with Gasteiger partial charge in [-0.2, -0.15) is 0 Å². The van der Waals surface area contributed by atoms with Gasteiger partial charge in [0.05, 0.1) is 28.4 Å². The second-order valence-corrected chi connectivity index (χ2v) is 8.06. The molecule has 5 nitrogen and oxygen atoms in total. The van der Waals surface area contributed by atoms with Crippen molar-refractivity contribution in [3.63, 3.8) is 0 Å². The second kappa shape index (κ2) is 8.25. The zero-order valence-corrected chi connectivity index (χ0v) is 17.8. The van der Waals surface area contributed by atoms with E-state index >= 15 is 0 Å². The smallest absolute Gasteiger partial charge is 0.339 e. The van der Waals surface area contributed by atoms with Gasteiger partial charge < -0.3 is 4.74 Å². The first-order valence-corrected chi connectivity index (χ1v) is 10.4. The Morgan fingerprint density at radius 2 is 1.83 bits per heavy atom. The molecule has 1 unspecified atom stereocenters. The predicted octanol–water partition coefficient (Wildman–Crippen LogP) is 5.31. The molecular formula is C23H19Cl2NO4. The average molecular weight is 444 g/mol. The number of amides is 1. The lowest BCUT2D eigenvalue weighted by Gasteiger charge is -2.39. The van der Waals surface area contributed by atoms with Crippen molar-refractivity contribution in [2.75, 3.05) is 12.0 Å². The van der Waals surface area contributed by atoms with Gasteiger partial charge in [0.1, 0.15) is 0 Å². The van der Waals surface area contributed by atoms with Crippen molar-refractivity contribution in [1.29, 1.82) is 0 Å². The fourth-order valence-electron chi connectivity index (χ4n) is 4.28. The Morgan fingerprint density at radius 1 is 1.07 bits per heavy atom. The summed E-state index contributed by atoms with van der Waals surface area (Å²) in [7, 11) is 1.29. The number of Topliss-reactive ketones (excluding diaryl/α,β-unsaturated/α-hetero) is 1. The van der Waals surface area contributed by atoms with Crippen LogP contribution in [0.5, 0.6) is 0 Å². The number of halogens is 2. The number of hydrogen-bond donors (Lipinski definition) is 0. The van der Waals surface area contributed by atoms with Gasteiger partial charge in [0, 0.05) is 30.0 Å². The molecule has 7 heteroatoms. The summed E-state index contributed by atoms with van der Waals surface area (Å²) >= 11 is 12.6. The number of allylic oxidation sites excluding steroid dienone is 2. The summed E-state index contributed by atoms with van der Waals surface area (Å²) in [5.74, 6) is -1.22. The highest BCUT2D eigenvalue weighted by Crippen LogP contribution is 2.46. The maximum absolute atomic E-state index is 13.4. The number of hydrogen-bond acceptors (Lipinski definition) is 4. The van der Waals surface area contributed by atoms with Crippen molar-refractivity contribution in [3.8, 4) is 0 Å². The molecule has 0 bridgehead atoms. The molecule has 0 radical (unpaired) electrons. The first-order chi connectivity index (χ1) is 14.4. The lowest BCUT2D eigenvalue weighted by atomic mass is 9.77. The molecule has 4 rings (SSSR count). The number of methoxy groups -OCH3 is 1. The molecule has 1 heterocycles. The molecule has 154 valence electrons. The third kappa shape index (κ3) is 3.42. The number of ether oxygens (including phenoxy) is 1. The number of carbonyl (C=O) groups is 3. The highest BCUT2D eigenvalue weighted by molar-refractivity contribution is 6.42. The van der Waals surface area contributed by atoms with E-state index in [1.807, 2.05) is 0 Å². The molecule has 0 saturated carbocycles. The van der Waals surface area contributed by atoms with Gasteiger partial charge in [-0.15, -0.1) is 0 Å². The van der Waals surface area contributed by atoms with Crippen LogP contribution in [0.2, 0.25) is 10.0 Å². The molecule has 1 amide bonds. The fourth-order valence-corrected chi connectivity index (χ4v) is 4.72. The van der Waals surface area contributed by atoms with Gasteiger partial charge in [-0.25, -0.2) is 4.79 Å². The highest BCUT2D eigenvalue weighted by Gasteiger charge is 2.41. The van der Waals surface area contributed by atoms with Crippen LogP contribution in [-0.2, 0) is 14.3 Å². The average Bonchev–Trinajstić information content (AvgIpc) is 2.75. The maximum atomic E-state index is 13.4. The first kappa shape index (κ1) is 20.6. The third-order valence-electron chi connectivity index (χ3n) is 5.58. The minimum absolute atomic E-state index is 0.00894. The minimum atomic E-state index is -0.539. The Morgan fingerprint density at radius 3 is 2.60 bits per heavy atom. The molecule has 0 spiro atoms. The molecule has 30 heavy (non-hydrogen) atoms. The Labute approximate surface area is 184 Å². The summed E-state index contributed by atoms with van der Waals surface area (Å²) in [5.41, 5.74) is 2.57. The van der Waals surface area contributed by atoms with Gasteiger partial charge >= 0.3 is 5.97 Å². The summed E-state index contributed by atoms with van der Waals surface area (Å²) in [6.45, 7) is 0. The third-order valence-corrected chi connectivity index (χ3v) is 6.42. The van der Waals surface area contributed by atoms with Crippen LogP contribution >= 0.6 is 23.2 Å². The van der Waals surface area contributed by atoms with Gasteiger partial charge in [0.25, 0.3) is 0 Å². The van der Waals surface area contributed by atoms with Crippen LogP contribution < -0.4 is 4.90 Å². The van der Waals surface area contributed by atoms with Crippen molar-refractivity contribution in [3.05, 3.63) is 74.9 Å². The first-order valence-electron chi connectivity index (χ1n) is 9.64. The van der Waals surface area contributed by atoms with Gasteiger partial charge in [0.15, 0.2) is 5.78 Å². The number of carbonyl (C=O) groups excluding carboxylic acids is 3. The van der Waals surface area contributed by atoms with Crippen LogP contribution in [0.4, 0.5) is 5.69 Å². The molecule has 0 N–H and O–H groups in total. The highest BCUT2D eigenvalue weighted by atomic mass is 35.5. The molecule has 0 aromatic heterocycles. The van der Waals surface area contributed by atoms with Gasteiger partial charge in [-0.1, -0.05) is 47.5 Å². The van der Waals surface area contributed by atoms with Crippen LogP contribution in [-0.4, -0.2) is 24.8 Å². The van der Waals surface area contributed by atoms with E-state index in [1.54, 1.807) is 42.5 Å². The number of para-hydroxylation sites is 1. The van der Waals surface area contributed by atoms with Crippen molar-refractivity contribution < 1.29 is 19.1 Å². The Balaban J connectivity index is 1.92. The van der Waals surface area contributed by atoms with Crippen LogP contribution in [0.3, 0.4) is 0 Å². The van der Waals surface area contributed by atoms with Crippen molar-refractivity contribution in [1.82, 2.24) is 0 Å². The van der Waals surface area contributed by atoms with Crippen molar-refractivity contribution in [2.45, 2.75) is 31.6 Å². The van der Waals surface area contributed by atoms with E-state index in [4.69, 9.17) is 27.9 Å². The number of rotatable bonds is 3. The van der Waals surface area contributed by atoms with Gasteiger partial charge in [0.2, 0.25) is 5.91 Å². The molecule has 1 aliphatic heterocycles. The number of benzene rings is 2. The number of ketones is 1. The van der Waals surface area contributed by atoms with Gasteiger partial charge in [-0.3, -0.25) is 14.5 Å². The zero-order chi connectivity index (χ0) is 21.4. The van der Waals surface area contributed by atoms with Crippen LogP contribution in [0.15, 0.2) is 53.7 Å². The normalized spacial score (nSPS) is 19.0. The monoisotopic (exact) mass is 443 g/mol. The SMILES string of the molecule is COC(=O)c1ccccc1N1C(=O)CC(c2cccc(Cl)c2Cl)C2=C1CCCC2=O. The standard InChI is InChI=1S/C23H19Cl2NO4/c1-30-23(29)14-6-2-3-9-17(14)26-18-10-5-11-19(27)21(18)15(12-20(26)28)13-7-4-8-16(24)22(13)25/h2-4,6-9,15H,5,10-12H2,1H3. The molecule has 2 aromatic carbocycles. The lowest BCUT2D eigenvalue weighted by molar-refractivity contribution is -0.119. The topological polar surface area (TPSA) is 63.7 Å². The second-order valence-electron chi connectivity index (χ2n) is 7.27. The van der Waals surface area contributed by atoms with Crippen molar-refractivity contribution in [2.24, 2.45) is 0 Å². The van der Waals surface area contributed by atoms with E-state index in [1.165, 1.54) is 12.0 Å².